The van der Waals surface area contributed by atoms with Gasteiger partial charge in [0.2, 0.25) is 0 Å². The molecule has 7 nitrogen and oxygen atoms in total. The zero-order valence-electron chi connectivity index (χ0n) is 10.8. The highest BCUT2D eigenvalue weighted by Crippen LogP contribution is 2.34. The Morgan fingerprint density at radius 3 is 2.86 bits per heavy atom. The molecule has 0 atom stereocenters. The summed E-state index contributed by atoms with van der Waals surface area (Å²) in [5.74, 6) is -1.05. The van der Waals surface area contributed by atoms with Gasteiger partial charge < -0.3 is 10.1 Å². The summed E-state index contributed by atoms with van der Waals surface area (Å²) in [7, 11) is 0. The highest BCUT2D eigenvalue weighted by molar-refractivity contribution is 7.17. The van der Waals surface area contributed by atoms with Crippen molar-refractivity contribution in [1.82, 2.24) is 9.97 Å². The molecule has 2 heterocycles. The molecule has 0 spiro atoms. The topological polar surface area (TPSA) is 109 Å². The summed E-state index contributed by atoms with van der Waals surface area (Å²) in [4.78, 5) is 28.9. The first-order valence-electron chi connectivity index (χ1n) is 5.94. The predicted molar refractivity (Wildman–Crippen MR) is 77.8 cm³/mol. The third kappa shape index (κ3) is 2.15. The third-order valence-corrected chi connectivity index (χ3v) is 4.27. The van der Waals surface area contributed by atoms with Crippen LogP contribution in [-0.4, -0.2) is 26.0 Å². The van der Waals surface area contributed by atoms with Crippen molar-refractivity contribution in [1.29, 1.82) is 0 Å². The van der Waals surface area contributed by atoms with Gasteiger partial charge in [-0.05, 0) is 19.1 Å². The van der Waals surface area contributed by atoms with E-state index in [1.165, 1.54) is 6.07 Å². The molecular formula is C13H9N3O4S. The highest BCUT2D eigenvalue weighted by atomic mass is 32.1. The van der Waals surface area contributed by atoms with Gasteiger partial charge in [0, 0.05) is 23.2 Å². The molecule has 0 aliphatic heterocycles. The van der Waals surface area contributed by atoms with Crippen molar-refractivity contribution in [3.63, 3.8) is 0 Å². The van der Waals surface area contributed by atoms with E-state index in [0.29, 0.717) is 27.2 Å². The molecule has 3 aromatic rings. The number of rotatable bonds is 3. The van der Waals surface area contributed by atoms with E-state index in [4.69, 9.17) is 5.11 Å². The maximum Gasteiger partial charge on any atom is 0.347 e. The van der Waals surface area contributed by atoms with Gasteiger partial charge >= 0.3 is 5.97 Å². The Labute approximate surface area is 122 Å². The summed E-state index contributed by atoms with van der Waals surface area (Å²) in [5.41, 5.74) is 1.32. The van der Waals surface area contributed by atoms with Crippen molar-refractivity contribution in [2.24, 2.45) is 0 Å². The average Bonchev–Trinajstić information content (AvgIpc) is 3.02. The second-order valence-corrected chi connectivity index (χ2v) is 5.43. The minimum Gasteiger partial charge on any atom is -0.477 e. The predicted octanol–water partition coefficient (Wildman–Crippen LogP) is 3.21. The van der Waals surface area contributed by atoms with E-state index in [-0.39, 0.29) is 10.6 Å². The number of carbonyl (C=O) groups is 1. The van der Waals surface area contributed by atoms with E-state index < -0.39 is 10.9 Å². The number of thiazole rings is 1. The van der Waals surface area contributed by atoms with E-state index in [1.807, 2.05) is 0 Å². The molecule has 0 amide bonds. The number of fused-ring (bicyclic) bond motifs is 1. The van der Waals surface area contributed by atoms with Crippen molar-refractivity contribution < 1.29 is 14.8 Å². The number of carboxylic acid groups (broad SMARTS) is 1. The van der Waals surface area contributed by atoms with Gasteiger partial charge in [0.15, 0.2) is 0 Å². The fourth-order valence-corrected chi connectivity index (χ4v) is 3.03. The molecule has 0 aliphatic carbocycles. The van der Waals surface area contributed by atoms with Crippen LogP contribution >= 0.6 is 11.3 Å². The van der Waals surface area contributed by atoms with Crippen LogP contribution in [0.4, 0.5) is 5.69 Å². The Morgan fingerprint density at radius 1 is 1.48 bits per heavy atom. The molecule has 0 fully saturated rings. The fraction of sp³-hybridized carbons (Fsp3) is 0.0769. The van der Waals surface area contributed by atoms with Crippen LogP contribution in [0.5, 0.6) is 0 Å². The van der Waals surface area contributed by atoms with Crippen LogP contribution in [0.3, 0.4) is 0 Å². The Hall–Kier alpha value is -2.74. The van der Waals surface area contributed by atoms with E-state index in [1.54, 1.807) is 25.3 Å². The summed E-state index contributed by atoms with van der Waals surface area (Å²) in [6.07, 6.45) is 1.62. The standard InChI is InChI=1S/C13H9N3O4S/c1-6-11(13(17)18)21-12(15-6)8-4-7-2-3-14-10(7)9(5-8)16(19)20/h2-5,14H,1H3,(H,17,18). The van der Waals surface area contributed by atoms with Crippen molar-refractivity contribution in [2.75, 3.05) is 0 Å². The lowest BCUT2D eigenvalue weighted by molar-refractivity contribution is -0.383. The second kappa shape index (κ2) is 4.67. The summed E-state index contributed by atoms with van der Waals surface area (Å²) < 4.78 is 0. The summed E-state index contributed by atoms with van der Waals surface area (Å²) >= 11 is 1.01. The molecular weight excluding hydrogens is 294 g/mol. The minimum atomic E-state index is -1.05. The van der Waals surface area contributed by atoms with E-state index in [9.17, 15) is 14.9 Å². The summed E-state index contributed by atoms with van der Waals surface area (Å²) in [6, 6.07) is 4.88. The van der Waals surface area contributed by atoms with Gasteiger partial charge in [-0.1, -0.05) is 0 Å². The molecule has 1 aromatic carbocycles. The third-order valence-electron chi connectivity index (χ3n) is 3.07. The number of non-ortho nitro benzene ring substituents is 1. The van der Waals surface area contributed by atoms with Gasteiger partial charge in [-0.3, -0.25) is 10.1 Å². The van der Waals surface area contributed by atoms with Crippen LogP contribution in [0.25, 0.3) is 21.5 Å². The zero-order valence-corrected chi connectivity index (χ0v) is 11.6. The molecule has 0 saturated carbocycles. The molecule has 2 aromatic heterocycles. The number of aryl methyl sites for hydroxylation is 1. The number of hydrogen-bond donors (Lipinski definition) is 2. The number of nitrogens with one attached hydrogen (secondary N) is 1. The van der Waals surface area contributed by atoms with Gasteiger partial charge in [0.05, 0.1) is 10.6 Å². The fourth-order valence-electron chi connectivity index (χ4n) is 2.14. The zero-order chi connectivity index (χ0) is 15.1. The largest absolute Gasteiger partial charge is 0.477 e. The smallest absolute Gasteiger partial charge is 0.347 e. The lowest BCUT2D eigenvalue weighted by atomic mass is 10.1. The number of aromatic nitrogens is 2. The van der Waals surface area contributed by atoms with Crippen LogP contribution < -0.4 is 0 Å². The number of aromatic amines is 1. The van der Waals surface area contributed by atoms with Gasteiger partial charge in [-0.15, -0.1) is 11.3 Å². The number of nitro benzene ring substituents is 1. The van der Waals surface area contributed by atoms with Crippen LogP contribution in [-0.2, 0) is 0 Å². The Kier molecular flexibility index (Phi) is 2.95. The van der Waals surface area contributed by atoms with E-state index >= 15 is 0 Å². The molecule has 8 heteroatoms. The highest BCUT2D eigenvalue weighted by Gasteiger charge is 2.19. The van der Waals surface area contributed by atoms with Crippen molar-refractivity contribution >= 4 is 33.9 Å². The van der Waals surface area contributed by atoms with Crippen molar-refractivity contribution in [3.8, 4) is 10.6 Å². The maximum atomic E-state index is 11.2. The van der Waals surface area contributed by atoms with Crippen LogP contribution in [0, 0.1) is 17.0 Å². The summed E-state index contributed by atoms with van der Waals surface area (Å²) in [5, 5.41) is 21.4. The Bertz CT molecular complexity index is 881. The Balaban J connectivity index is 2.23. The van der Waals surface area contributed by atoms with Crippen LogP contribution in [0.1, 0.15) is 15.4 Å². The molecule has 21 heavy (non-hydrogen) atoms. The van der Waals surface area contributed by atoms with Gasteiger partial charge in [-0.2, -0.15) is 0 Å². The van der Waals surface area contributed by atoms with E-state index in [0.717, 1.165) is 11.3 Å². The number of hydrogen-bond acceptors (Lipinski definition) is 5. The molecule has 3 rings (SSSR count). The van der Waals surface area contributed by atoms with Crippen molar-refractivity contribution in [3.05, 3.63) is 45.1 Å². The molecule has 0 aliphatic rings. The van der Waals surface area contributed by atoms with E-state index in [2.05, 4.69) is 9.97 Å². The SMILES string of the molecule is Cc1nc(-c2cc([N+](=O)[O-])c3[nH]ccc3c2)sc1C(=O)O. The lowest BCUT2D eigenvalue weighted by Gasteiger charge is -1.99. The number of H-pyrrole nitrogens is 1. The van der Waals surface area contributed by atoms with Crippen LogP contribution in [0.2, 0.25) is 0 Å². The quantitative estimate of drug-likeness (QED) is 0.570. The van der Waals surface area contributed by atoms with Gasteiger partial charge in [0.25, 0.3) is 5.69 Å². The molecule has 106 valence electrons. The normalized spacial score (nSPS) is 10.9. The number of nitro groups is 1. The number of aromatic carboxylic acids is 1. The Morgan fingerprint density at radius 2 is 2.24 bits per heavy atom. The van der Waals surface area contributed by atoms with Crippen molar-refractivity contribution in [2.45, 2.75) is 6.92 Å². The lowest BCUT2D eigenvalue weighted by Crippen LogP contribution is -1.94. The monoisotopic (exact) mass is 303 g/mol. The number of carboxylic acids is 1. The first-order valence-corrected chi connectivity index (χ1v) is 6.75. The minimum absolute atomic E-state index is 0.0581. The first-order chi connectivity index (χ1) is 9.97. The molecule has 0 bridgehead atoms. The molecule has 0 saturated heterocycles. The second-order valence-electron chi connectivity index (χ2n) is 4.43. The summed E-state index contributed by atoms with van der Waals surface area (Å²) in [6.45, 7) is 1.60. The molecule has 2 N–H and O–H groups in total. The first kappa shape index (κ1) is 13.3. The number of benzene rings is 1. The molecule has 0 radical (unpaired) electrons. The van der Waals surface area contributed by atoms with Crippen LogP contribution in [0.15, 0.2) is 24.4 Å². The van der Waals surface area contributed by atoms with Gasteiger partial charge in [-0.25, -0.2) is 9.78 Å². The maximum absolute atomic E-state index is 11.2. The number of nitrogens with zero attached hydrogens (tertiary/aromatic N) is 2. The van der Waals surface area contributed by atoms with Gasteiger partial charge in [0.1, 0.15) is 15.4 Å². The molecule has 0 unspecified atom stereocenters. The average molecular weight is 303 g/mol.